The molecule has 1 aromatic heterocycles. The van der Waals surface area contributed by atoms with Crippen molar-refractivity contribution in [2.45, 2.75) is 25.3 Å². The standard InChI is InChI=1S/C19H17BrN2O2/c20-16-6-3-7-21-17(16)10-18-14-4-1-2-5-15(14)19(24)22(18)11-12-8-13(23)9-12/h1-7,12,18H,8-11H2. The van der Waals surface area contributed by atoms with Gasteiger partial charge >= 0.3 is 0 Å². The van der Waals surface area contributed by atoms with Crippen molar-refractivity contribution in [3.8, 4) is 0 Å². The molecule has 0 saturated heterocycles. The molecule has 2 heterocycles. The van der Waals surface area contributed by atoms with Crippen LogP contribution in [0.15, 0.2) is 47.1 Å². The average Bonchev–Trinajstić information content (AvgIpc) is 2.81. The zero-order valence-corrected chi connectivity index (χ0v) is 14.7. The predicted octanol–water partition coefficient (Wildman–Crippen LogP) is 3.56. The summed E-state index contributed by atoms with van der Waals surface area (Å²) in [4.78, 5) is 30.5. The maximum absolute atomic E-state index is 12.8. The molecule has 0 N–H and O–H groups in total. The number of hydrogen-bond acceptors (Lipinski definition) is 3. The van der Waals surface area contributed by atoms with Crippen LogP contribution in [0, 0.1) is 5.92 Å². The Morgan fingerprint density at radius 2 is 1.92 bits per heavy atom. The maximum Gasteiger partial charge on any atom is 0.254 e. The number of halogens is 1. The van der Waals surface area contributed by atoms with Crippen molar-refractivity contribution in [2.75, 3.05) is 6.54 Å². The molecule has 122 valence electrons. The number of pyridine rings is 1. The number of Topliss-reactive ketones (excluding diaryl/α,β-unsaturated/α-hetero) is 1. The van der Waals surface area contributed by atoms with Gasteiger partial charge in [-0.05, 0) is 45.6 Å². The van der Waals surface area contributed by atoms with Crippen molar-refractivity contribution in [2.24, 2.45) is 5.92 Å². The van der Waals surface area contributed by atoms with E-state index in [-0.39, 0.29) is 11.9 Å². The first kappa shape index (κ1) is 15.5. The fourth-order valence-electron chi connectivity index (χ4n) is 3.62. The Morgan fingerprint density at radius 1 is 1.12 bits per heavy atom. The molecular weight excluding hydrogens is 368 g/mol. The number of aromatic nitrogens is 1. The molecule has 1 atom stereocenters. The van der Waals surface area contributed by atoms with Crippen molar-refractivity contribution >= 4 is 27.6 Å². The van der Waals surface area contributed by atoms with E-state index in [4.69, 9.17) is 0 Å². The molecule has 2 aliphatic rings. The number of ketones is 1. The van der Waals surface area contributed by atoms with Crippen LogP contribution in [-0.2, 0) is 11.2 Å². The van der Waals surface area contributed by atoms with Gasteiger partial charge in [0.05, 0.1) is 11.7 Å². The lowest BCUT2D eigenvalue weighted by Gasteiger charge is -2.33. The molecule has 1 aliphatic heterocycles. The van der Waals surface area contributed by atoms with Crippen LogP contribution < -0.4 is 0 Å². The summed E-state index contributed by atoms with van der Waals surface area (Å²) in [5.41, 5.74) is 2.78. The minimum atomic E-state index is -0.0180. The second kappa shape index (κ2) is 6.13. The Hall–Kier alpha value is -2.01. The van der Waals surface area contributed by atoms with Gasteiger partial charge < -0.3 is 4.90 Å². The van der Waals surface area contributed by atoms with Gasteiger partial charge in [0.15, 0.2) is 0 Å². The van der Waals surface area contributed by atoms with Crippen LogP contribution >= 0.6 is 15.9 Å². The Bertz CT molecular complexity index is 813. The summed E-state index contributed by atoms with van der Waals surface area (Å²) in [6.45, 7) is 0.647. The summed E-state index contributed by atoms with van der Waals surface area (Å²) in [7, 11) is 0. The molecule has 1 fully saturated rings. The average molecular weight is 385 g/mol. The highest BCUT2D eigenvalue weighted by molar-refractivity contribution is 9.10. The molecule has 1 aromatic carbocycles. The Morgan fingerprint density at radius 3 is 2.67 bits per heavy atom. The third-order valence-electron chi connectivity index (χ3n) is 4.90. The number of carbonyl (C=O) groups excluding carboxylic acids is 2. The number of nitrogens with zero attached hydrogens (tertiary/aromatic N) is 2. The van der Waals surface area contributed by atoms with Crippen LogP contribution in [0.5, 0.6) is 0 Å². The smallest absolute Gasteiger partial charge is 0.254 e. The number of rotatable bonds is 4. The molecule has 0 spiro atoms. The van der Waals surface area contributed by atoms with Gasteiger partial charge in [-0.3, -0.25) is 14.6 Å². The van der Waals surface area contributed by atoms with E-state index < -0.39 is 0 Å². The first-order chi connectivity index (χ1) is 11.6. The van der Waals surface area contributed by atoms with Gasteiger partial charge in [0, 0.05) is 42.0 Å². The number of fused-ring (bicyclic) bond motifs is 1. The van der Waals surface area contributed by atoms with Crippen molar-refractivity contribution in [3.63, 3.8) is 0 Å². The summed E-state index contributed by atoms with van der Waals surface area (Å²) in [6.07, 6.45) is 3.64. The van der Waals surface area contributed by atoms with Crippen LogP contribution in [-0.4, -0.2) is 28.1 Å². The highest BCUT2D eigenvalue weighted by Crippen LogP contribution is 2.38. The van der Waals surface area contributed by atoms with Crippen molar-refractivity contribution in [1.82, 2.24) is 9.88 Å². The molecule has 1 unspecified atom stereocenters. The van der Waals surface area contributed by atoms with Gasteiger partial charge in [0.2, 0.25) is 0 Å². The molecular formula is C19H17BrN2O2. The van der Waals surface area contributed by atoms with E-state index in [0.29, 0.717) is 37.5 Å². The molecule has 4 nitrogen and oxygen atoms in total. The topological polar surface area (TPSA) is 50.3 Å². The van der Waals surface area contributed by atoms with Gasteiger partial charge in [-0.2, -0.15) is 0 Å². The molecule has 0 bridgehead atoms. The highest BCUT2D eigenvalue weighted by atomic mass is 79.9. The highest BCUT2D eigenvalue weighted by Gasteiger charge is 2.40. The lowest BCUT2D eigenvalue weighted by atomic mass is 9.83. The van der Waals surface area contributed by atoms with E-state index in [0.717, 1.165) is 21.3 Å². The predicted molar refractivity (Wildman–Crippen MR) is 93.6 cm³/mol. The van der Waals surface area contributed by atoms with E-state index in [1.54, 1.807) is 6.20 Å². The van der Waals surface area contributed by atoms with E-state index in [1.807, 2.05) is 41.3 Å². The van der Waals surface area contributed by atoms with Crippen LogP contribution in [0.4, 0.5) is 0 Å². The molecule has 24 heavy (non-hydrogen) atoms. The largest absolute Gasteiger partial charge is 0.331 e. The SMILES string of the molecule is O=C1CC(CN2C(=O)c3ccccc3C2Cc2ncccc2Br)C1. The summed E-state index contributed by atoms with van der Waals surface area (Å²) >= 11 is 3.55. The summed E-state index contributed by atoms with van der Waals surface area (Å²) < 4.78 is 0.959. The molecule has 5 heteroatoms. The molecule has 2 aromatic rings. The monoisotopic (exact) mass is 384 g/mol. The Balaban J connectivity index is 1.65. The molecule has 1 aliphatic carbocycles. The lowest BCUT2D eigenvalue weighted by Crippen LogP contribution is -2.39. The number of benzene rings is 1. The van der Waals surface area contributed by atoms with Crippen LogP contribution in [0.2, 0.25) is 0 Å². The quantitative estimate of drug-likeness (QED) is 0.809. The van der Waals surface area contributed by atoms with Crippen LogP contribution in [0.3, 0.4) is 0 Å². The van der Waals surface area contributed by atoms with E-state index >= 15 is 0 Å². The molecule has 1 saturated carbocycles. The third kappa shape index (κ3) is 2.67. The van der Waals surface area contributed by atoms with Gasteiger partial charge in [0.1, 0.15) is 5.78 Å². The zero-order chi connectivity index (χ0) is 16.7. The fourth-order valence-corrected chi connectivity index (χ4v) is 4.04. The van der Waals surface area contributed by atoms with Crippen LogP contribution in [0.25, 0.3) is 0 Å². The fraction of sp³-hybridized carbons (Fsp3) is 0.316. The van der Waals surface area contributed by atoms with Crippen molar-refractivity contribution in [3.05, 3.63) is 63.9 Å². The number of hydrogen-bond donors (Lipinski definition) is 0. The number of amides is 1. The molecule has 1 amide bonds. The van der Waals surface area contributed by atoms with Crippen LogP contribution in [0.1, 0.15) is 40.5 Å². The minimum Gasteiger partial charge on any atom is -0.331 e. The van der Waals surface area contributed by atoms with E-state index in [1.165, 1.54) is 0 Å². The first-order valence-electron chi connectivity index (χ1n) is 8.14. The summed E-state index contributed by atoms with van der Waals surface area (Å²) in [5, 5.41) is 0. The lowest BCUT2D eigenvalue weighted by molar-refractivity contribution is -0.127. The summed E-state index contributed by atoms with van der Waals surface area (Å²) in [6, 6.07) is 11.6. The van der Waals surface area contributed by atoms with E-state index in [9.17, 15) is 9.59 Å². The molecule has 4 rings (SSSR count). The third-order valence-corrected chi connectivity index (χ3v) is 5.62. The second-order valence-electron chi connectivity index (χ2n) is 6.51. The van der Waals surface area contributed by atoms with Gasteiger partial charge in [-0.1, -0.05) is 18.2 Å². The Labute approximate surface area is 149 Å². The van der Waals surface area contributed by atoms with Gasteiger partial charge in [-0.25, -0.2) is 0 Å². The number of carbonyl (C=O) groups is 2. The first-order valence-corrected chi connectivity index (χ1v) is 8.94. The van der Waals surface area contributed by atoms with Gasteiger partial charge in [0.25, 0.3) is 5.91 Å². The van der Waals surface area contributed by atoms with Crippen molar-refractivity contribution < 1.29 is 9.59 Å². The maximum atomic E-state index is 12.8. The Kier molecular flexibility index (Phi) is 3.96. The van der Waals surface area contributed by atoms with Gasteiger partial charge in [-0.15, -0.1) is 0 Å². The molecule has 0 radical (unpaired) electrons. The summed E-state index contributed by atoms with van der Waals surface area (Å²) in [5.74, 6) is 0.667. The normalized spacial score (nSPS) is 20.2. The minimum absolute atomic E-state index is 0.0180. The van der Waals surface area contributed by atoms with Crippen molar-refractivity contribution in [1.29, 1.82) is 0 Å². The zero-order valence-electron chi connectivity index (χ0n) is 13.1. The second-order valence-corrected chi connectivity index (χ2v) is 7.36. The van der Waals surface area contributed by atoms with E-state index in [2.05, 4.69) is 20.9 Å².